The molecule has 1 rings (SSSR count). The lowest BCUT2D eigenvalue weighted by atomic mass is 10.5. The van der Waals surface area contributed by atoms with Gasteiger partial charge in [0.25, 0.3) is 0 Å². The van der Waals surface area contributed by atoms with E-state index in [0.29, 0.717) is 5.75 Å². The molecule has 0 fully saturated rings. The first-order chi connectivity index (χ1) is 6.72. The van der Waals surface area contributed by atoms with Gasteiger partial charge in [0.05, 0.1) is 6.42 Å². The molecule has 0 unspecified atom stereocenters. The van der Waals surface area contributed by atoms with Crippen LogP contribution < -0.4 is 0 Å². The Labute approximate surface area is 90.5 Å². The molecule has 76 valence electrons. The minimum absolute atomic E-state index is 0.156. The summed E-state index contributed by atoms with van der Waals surface area (Å²) >= 11 is 2.97. The summed E-state index contributed by atoms with van der Waals surface area (Å²) in [5, 5.41) is 10.2. The molecule has 0 aromatic carbocycles. The van der Waals surface area contributed by atoms with E-state index < -0.39 is 5.97 Å². The zero-order chi connectivity index (χ0) is 10.4. The van der Waals surface area contributed by atoms with Crippen molar-refractivity contribution in [2.75, 3.05) is 12.0 Å². The average molecular weight is 230 g/mol. The van der Waals surface area contributed by atoms with Crippen molar-refractivity contribution in [3.05, 3.63) is 12.4 Å². The van der Waals surface area contributed by atoms with Crippen LogP contribution in [0.25, 0.3) is 0 Å². The van der Waals surface area contributed by atoms with E-state index in [4.69, 9.17) is 5.11 Å². The molecule has 4 nitrogen and oxygen atoms in total. The number of carboxylic acids is 1. The SMILES string of the molecule is CSc1cc(SCCC(=O)O)ncn1. The molecule has 0 radical (unpaired) electrons. The van der Waals surface area contributed by atoms with Gasteiger partial charge in [-0.1, -0.05) is 0 Å². The van der Waals surface area contributed by atoms with E-state index in [0.717, 1.165) is 10.1 Å². The van der Waals surface area contributed by atoms with E-state index in [1.165, 1.54) is 18.1 Å². The molecule has 0 spiro atoms. The number of hydrogen-bond acceptors (Lipinski definition) is 5. The molecule has 0 atom stereocenters. The molecular weight excluding hydrogens is 220 g/mol. The van der Waals surface area contributed by atoms with Crippen LogP contribution in [0.2, 0.25) is 0 Å². The number of nitrogens with zero attached hydrogens (tertiary/aromatic N) is 2. The number of carboxylic acid groups (broad SMARTS) is 1. The monoisotopic (exact) mass is 230 g/mol. The van der Waals surface area contributed by atoms with Crippen LogP contribution in [0.1, 0.15) is 6.42 Å². The van der Waals surface area contributed by atoms with Crippen molar-refractivity contribution < 1.29 is 9.90 Å². The maximum atomic E-state index is 10.3. The third kappa shape index (κ3) is 3.97. The predicted octanol–water partition coefficient (Wildman–Crippen LogP) is 1.77. The summed E-state index contributed by atoms with van der Waals surface area (Å²) in [4.78, 5) is 18.3. The van der Waals surface area contributed by atoms with E-state index in [1.54, 1.807) is 11.8 Å². The van der Waals surface area contributed by atoms with Crippen LogP contribution in [0.5, 0.6) is 0 Å². The van der Waals surface area contributed by atoms with Gasteiger partial charge in [-0.05, 0) is 6.26 Å². The molecule has 1 N–H and O–H groups in total. The number of thioether (sulfide) groups is 2. The summed E-state index contributed by atoms with van der Waals surface area (Å²) < 4.78 is 0. The van der Waals surface area contributed by atoms with Crippen molar-refractivity contribution in [1.82, 2.24) is 9.97 Å². The lowest BCUT2D eigenvalue weighted by Gasteiger charge is -1.99. The molecule has 0 aliphatic carbocycles. The van der Waals surface area contributed by atoms with Crippen molar-refractivity contribution in [3.8, 4) is 0 Å². The quantitative estimate of drug-likeness (QED) is 0.614. The largest absolute Gasteiger partial charge is 0.481 e. The Balaban J connectivity index is 2.46. The third-order valence-electron chi connectivity index (χ3n) is 1.39. The van der Waals surface area contributed by atoms with Crippen LogP contribution >= 0.6 is 23.5 Å². The molecule has 0 amide bonds. The fourth-order valence-corrected chi connectivity index (χ4v) is 2.02. The fraction of sp³-hybridized carbons (Fsp3) is 0.375. The number of aromatic nitrogens is 2. The first-order valence-electron chi connectivity index (χ1n) is 3.93. The van der Waals surface area contributed by atoms with Gasteiger partial charge in [0.1, 0.15) is 16.4 Å². The van der Waals surface area contributed by atoms with Crippen LogP contribution in [-0.4, -0.2) is 33.1 Å². The van der Waals surface area contributed by atoms with Gasteiger partial charge in [-0.2, -0.15) is 0 Å². The van der Waals surface area contributed by atoms with Crippen molar-refractivity contribution in [3.63, 3.8) is 0 Å². The molecule has 1 aromatic rings. The average Bonchev–Trinajstić information content (AvgIpc) is 2.18. The van der Waals surface area contributed by atoms with Crippen LogP contribution in [0.15, 0.2) is 22.4 Å². The van der Waals surface area contributed by atoms with Gasteiger partial charge in [-0.25, -0.2) is 9.97 Å². The Kier molecular flexibility index (Phi) is 4.75. The summed E-state index contributed by atoms with van der Waals surface area (Å²) in [5.74, 6) is -0.239. The summed E-state index contributed by atoms with van der Waals surface area (Å²) in [6, 6.07) is 1.86. The third-order valence-corrected chi connectivity index (χ3v) is 2.96. The molecular formula is C8H10N2O2S2. The normalized spacial score (nSPS) is 10.1. The summed E-state index contributed by atoms with van der Waals surface area (Å²) in [6.07, 6.45) is 3.59. The number of hydrogen-bond donors (Lipinski definition) is 1. The second kappa shape index (κ2) is 5.87. The highest BCUT2D eigenvalue weighted by Gasteiger charge is 2.01. The maximum Gasteiger partial charge on any atom is 0.304 e. The molecule has 6 heteroatoms. The van der Waals surface area contributed by atoms with Crippen LogP contribution in [-0.2, 0) is 4.79 Å². The first-order valence-corrected chi connectivity index (χ1v) is 6.14. The highest BCUT2D eigenvalue weighted by molar-refractivity contribution is 7.99. The zero-order valence-electron chi connectivity index (χ0n) is 7.64. The second-order valence-corrected chi connectivity index (χ2v) is 4.33. The van der Waals surface area contributed by atoms with Crippen molar-refractivity contribution in [2.45, 2.75) is 16.5 Å². The lowest BCUT2D eigenvalue weighted by Crippen LogP contribution is -1.96. The van der Waals surface area contributed by atoms with E-state index in [2.05, 4.69) is 9.97 Å². The van der Waals surface area contributed by atoms with E-state index >= 15 is 0 Å². The summed E-state index contributed by atoms with van der Waals surface area (Å²) in [6.45, 7) is 0. The molecule has 14 heavy (non-hydrogen) atoms. The topological polar surface area (TPSA) is 63.1 Å². The summed E-state index contributed by atoms with van der Waals surface area (Å²) in [5.41, 5.74) is 0. The van der Waals surface area contributed by atoms with E-state index in [9.17, 15) is 4.79 Å². The first kappa shape index (κ1) is 11.3. The van der Waals surface area contributed by atoms with Crippen LogP contribution in [0.4, 0.5) is 0 Å². The second-order valence-electron chi connectivity index (χ2n) is 2.39. The number of carbonyl (C=O) groups is 1. The van der Waals surface area contributed by atoms with Gasteiger partial charge in [0.2, 0.25) is 0 Å². The number of aliphatic carboxylic acids is 1. The molecule has 0 aliphatic rings. The molecule has 1 aromatic heterocycles. The molecule has 0 aliphatic heterocycles. The van der Waals surface area contributed by atoms with Gasteiger partial charge in [-0.3, -0.25) is 4.79 Å². The highest BCUT2D eigenvalue weighted by Crippen LogP contribution is 2.19. The summed E-state index contributed by atoms with van der Waals surface area (Å²) in [7, 11) is 0. The van der Waals surface area contributed by atoms with Gasteiger partial charge < -0.3 is 5.11 Å². The van der Waals surface area contributed by atoms with Gasteiger partial charge in [-0.15, -0.1) is 23.5 Å². The van der Waals surface area contributed by atoms with Gasteiger partial charge in [0, 0.05) is 11.8 Å². The van der Waals surface area contributed by atoms with Gasteiger partial charge in [0.15, 0.2) is 0 Å². The Bertz CT molecular complexity index is 320. The molecule has 0 saturated carbocycles. The molecule has 1 heterocycles. The van der Waals surface area contributed by atoms with Gasteiger partial charge >= 0.3 is 5.97 Å². The maximum absolute atomic E-state index is 10.3. The lowest BCUT2D eigenvalue weighted by molar-refractivity contribution is -0.136. The fourth-order valence-electron chi connectivity index (χ4n) is 0.756. The minimum Gasteiger partial charge on any atom is -0.481 e. The molecule has 0 saturated heterocycles. The predicted molar refractivity (Wildman–Crippen MR) is 56.8 cm³/mol. The van der Waals surface area contributed by atoms with Crippen molar-refractivity contribution in [2.24, 2.45) is 0 Å². The Morgan fingerprint density at radius 2 is 2.21 bits per heavy atom. The standard InChI is InChI=1S/C8H10N2O2S2/c1-13-6-4-7(10-5-9-6)14-3-2-8(11)12/h4-5H,2-3H2,1H3,(H,11,12). The Hall–Kier alpha value is -0.750. The molecule has 0 bridgehead atoms. The Morgan fingerprint density at radius 3 is 2.86 bits per heavy atom. The minimum atomic E-state index is -0.781. The van der Waals surface area contributed by atoms with Crippen LogP contribution in [0, 0.1) is 0 Å². The van der Waals surface area contributed by atoms with Crippen molar-refractivity contribution in [1.29, 1.82) is 0 Å². The zero-order valence-corrected chi connectivity index (χ0v) is 9.27. The smallest absolute Gasteiger partial charge is 0.304 e. The van der Waals surface area contributed by atoms with E-state index in [-0.39, 0.29) is 6.42 Å². The van der Waals surface area contributed by atoms with Crippen LogP contribution in [0.3, 0.4) is 0 Å². The van der Waals surface area contributed by atoms with Crippen molar-refractivity contribution >= 4 is 29.5 Å². The Morgan fingerprint density at radius 1 is 1.50 bits per heavy atom. The van der Waals surface area contributed by atoms with E-state index in [1.807, 2.05) is 12.3 Å². The number of rotatable bonds is 5. The highest BCUT2D eigenvalue weighted by atomic mass is 32.2.